The Hall–Kier alpha value is -3.79. The number of benzene rings is 1. The van der Waals surface area contributed by atoms with Gasteiger partial charge >= 0.3 is 5.97 Å². The number of fused-ring (bicyclic) bond motifs is 1. The highest BCUT2D eigenvalue weighted by molar-refractivity contribution is 5.74. The van der Waals surface area contributed by atoms with E-state index in [0.29, 0.717) is 52.7 Å². The van der Waals surface area contributed by atoms with Gasteiger partial charge in [0.05, 0.1) is 17.3 Å². The Bertz CT molecular complexity index is 1530. The second-order valence-electron chi connectivity index (χ2n) is 13.9. The molecule has 10 heteroatoms. The van der Waals surface area contributed by atoms with Crippen LogP contribution in [0.1, 0.15) is 68.2 Å². The second kappa shape index (κ2) is 11.0. The molecule has 2 aromatic heterocycles. The Balaban J connectivity index is 0.884. The molecule has 2 saturated heterocycles. The third-order valence-electron chi connectivity index (χ3n) is 11.7. The van der Waals surface area contributed by atoms with Crippen LogP contribution in [0.25, 0.3) is 11.3 Å². The topological polar surface area (TPSA) is 142 Å². The molecule has 230 valence electrons. The van der Waals surface area contributed by atoms with Crippen LogP contribution < -0.4 is 10.6 Å². The van der Waals surface area contributed by atoms with E-state index in [1.165, 1.54) is 5.56 Å². The molecule has 0 bridgehead atoms. The lowest BCUT2D eigenvalue weighted by molar-refractivity contribution is -0.143. The van der Waals surface area contributed by atoms with Gasteiger partial charge in [-0.2, -0.15) is 0 Å². The molecule has 10 nitrogen and oxygen atoms in total. The van der Waals surface area contributed by atoms with E-state index in [4.69, 9.17) is 15.7 Å². The number of carboxylic acid groups (broad SMARTS) is 1. The van der Waals surface area contributed by atoms with Crippen molar-refractivity contribution in [3.63, 3.8) is 0 Å². The predicted molar refractivity (Wildman–Crippen MR) is 166 cm³/mol. The molecule has 44 heavy (non-hydrogen) atoms. The zero-order chi connectivity index (χ0) is 29.9. The monoisotopic (exact) mass is 595 g/mol. The maximum absolute atomic E-state index is 11.3. The predicted octanol–water partition coefficient (Wildman–Crippen LogP) is 4.53. The molecular formula is C34H41N7O3. The summed E-state index contributed by atoms with van der Waals surface area (Å²) in [6.07, 6.45) is 11.2. The summed E-state index contributed by atoms with van der Waals surface area (Å²) >= 11 is 0. The Morgan fingerprint density at radius 2 is 1.68 bits per heavy atom. The Morgan fingerprint density at radius 1 is 0.932 bits per heavy atom. The number of aliphatic carboxylic acids is 1. The third kappa shape index (κ3) is 4.87. The van der Waals surface area contributed by atoms with E-state index in [2.05, 4.69) is 32.4 Å². The molecule has 4 N–H and O–H groups in total. The molecule has 3 aromatic rings. The van der Waals surface area contributed by atoms with Gasteiger partial charge in [0, 0.05) is 43.0 Å². The molecule has 5 atom stereocenters. The van der Waals surface area contributed by atoms with Gasteiger partial charge in [0.15, 0.2) is 5.82 Å². The standard InChI is InChI=1S/C34H41N7O3/c35-32-28(14-27(38-39-32)24-3-1-2-4-29(24)42)41-17-21-13-25(31-26(18-41)30(21)31)33-36-15-22(16-37-33)19-9-11-40(12-10-19)23-7-5-20(6-8-23)34(43)44/h1-4,14-16,19-21,23,25-26,30-31,42H,5-13,17-18H2,(H2,35,39)(H,43,44). The Labute approximate surface area is 257 Å². The van der Waals surface area contributed by atoms with Gasteiger partial charge in [0.2, 0.25) is 0 Å². The zero-order valence-corrected chi connectivity index (χ0v) is 25.0. The van der Waals surface area contributed by atoms with E-state index in [0.717, 1.165) is 88.6 Å². The normalized spacial score (nSPS) is 31.9. The molecule has 0 amide bonds. The highest BCUT2D eigenvalue weighted by Gasteiger charge is 2.65. The van der Waals surface area contributed by atoms with Crippen molar-refractivity contribution in [3.8, 4) is 17.0 Å². The van der Waals surface area contributed by atoms with Crippen LogP contribution in [-0.2, 0) is 4.79 Å². The highest BCUT2D eigenvalue weighted by Crippen LogP contribution is 2.68. The molecule has 3 saturated carbocycles. The largest absolute Gasteiger partial charge is 0.507 e. The smallest absolute Gasteiger partial charge is 0.306 e. The number of para-hydroxylation sites is 1. The maximum Gasteiger partial charge on any atom is 0.306 e. The number of aromatic hydroxyl groups is 1. The Kier molecular flexibility index (Phi) is 6.92. The number of hydrogen-bond donors (Lipinski definition) is 3. The van der Waals surface area contributed by atoms with Gasteiger partial charge in [-0.3, -0.25) is 4.79 Å². The number of phenols is 1. The lowest BCUT2D eigenvalue weighted by Gasteiger charge is -2.40. The average Bonchev–Trinajstić information content (AvgIpc) is 3.64. The van der Waals surface area contributed by atoms with Gasteiger partial charge in [-0.15, -0.1) is 10.2 Å². The molecule has 2 aliphatic heterocycles. The number of phenolic OH excluding ortho intramolecular Hbond substituents is 1. The van der Waals surface area contributed by atoms with Gasteiger partial charge in [0.1, 0.15) is 11.6 Å². The molecule has 0 spiro atoms. The lowest BCUT2D eigenvalue weighted by Crippen LogP contribution is -2.43. The van der Waals surface area contributed by atoms with Gasteiger partial charge in [0.25, 0.3) is 0 Å². The maximum atomic E-state index is 11.3. The van der Waals surface area contributed by atoms with Crippen molar-refractivity contribution in [2.45, 2.75) is 62.8 Å². The van der Waals surface area contributed by atoms with Gasteiger partial charge in [-0.25, -0.2) is 9.97 Å². The fraction of sp³-hybridized carbons (Fsp3) is 0.559. The van der Waals surface area contributed by atoms with Crippen LogP contribution in [0.4, 0.5) is 11.5 Å². The number of likely N-dealkylation sites (tertiary alicyclic amines) is 1. The molecule has 5 fully saturated rings. The van der Waals surface area contributed by atoms with Gasteiger partial charge in [-0.05, 0) is 111 Å². The minimum atomic E-state index is -0.626. The first-order valence-corrected chi connectivity index (χ1v) is 16.4. The summed E-state index contributed by atoms with van der Waals surface area (Å²) in [5, 5.41) is 28.2. The van der Waals surface area contributed by atoms with Crippen LogP contribution in [0, 0.1) is 29.6 Å². The first-order chi connectivity index (χ1) is 21.4. The van der Waals surface area contributed by atoms with Crippen molar-refractivity contribution in [1.29, 1.82) is 0 Å². The summed E-state index contributed by atoms with van der Waals surface area (Å²) < 4.78 is 0. The van der Waals surface area contributed by atoms with E-state index in [9.17, 15) is 15.0 Å². The van der Waals surface area contributed by atoms with Gasteiger partial charge < -0.3 is 25.7 Å². The molecule has 8 rings (SSSR count). The number of nitrogens with two attached hydrogens (primary N) is 1. The van der Waals surface area contributed by atoms with E-state index >= 15 is 0 Å². The number of nitrogen functional groups attached to an aromatic ring is 1. The second-order valence-corrected chi connectivity index (χ2v) is 13.9. The molecule has 4 heterocycles. The van der Waals surface area contributed by atoms with Crippen LogP contribution in [0.3, 0.4) is 0 Å². The molecular weight excluding hydrogens is 554 g/mol. The van der Waals surface area contributed by atoms with Gasteiger partial charge in [-0.1, -0.05) is 12.1 Å². The van der Waals surface area contributed by atoms with Crippen molar-refractivity contribution in [1.82, 2.24) is 25.1 Å². The number of anilines is 2. The summed E-state index contributed by atoms with van der Waals surface area (Å²) in [6.45, 7) is 4.05. The van der Waals surface area contributed by atoms with Crippen LogP contribution in [0.5, 0.6) is 5.75 Å². The first-order valence-electron chi connectivity index (χ1n) is 16.4. The fourth-order valence-electron chi connectivity index (χ4n) is 9.33. The van der Waals surface area contributed by atoms with E-state index in [-0.39, 0.29) is 11.7 Å². The van der Waals surface area contributed by atoms with Crippen molar-refractivity contribution < 1.29 is 15.0 Å². The minimum absolute atomic E-state index is 0.148. The Morgan fingerprint density at radius 3 is 2.39 bits per heavy atom. The van der Waals surface area contributed by atoms with Crippen LogP contribution >= 0.6 is 0 Å². The number of carboxylic acids is 1. The van der Waals surface area contributed by atoms with Crippen molar-refractivity contribution in [2.75, 3.05) is 36.8 Å². The van der Waals surface area contributed by atoms with E-state index in [1.54, 1.807) is 12.1 Å². The minimum Gasteiger partial charge on any atom is -0.507 e. The summed E-state index contributed by atoms with van der Waals surface area (Å²) in [5.41, 5.74) is 9.80. The third-order valence-corrected chi connectivity index (χ3v) is 11.7. The highest BCUT2D eigenvalue weighted by atomic mass is 16.4. The van der Waals surface area contributed by atoms with Crippen molar-refractivity contribution in [2.24, 2.45) is 29.6 Å². The van der Waals surface area contributed by atoms with E-state index < -0.39 is 5.97 Å². The van der Waals surface area contributed by atoms with E-state index in [1.807, 2.05) is 18.2 Å². The van der Waals surface area contributed by atoms with Crippen molar-refractivity contribution in [3.05, 3.63) is 54.1 Å². The van der Waals surface area contributed by atoms with Crippen molar-refractivity contribution >= 4 is 17.5 Å². The number of rotatable bonds is 6. The summed E-state index contributed by atoms with van der Waals surface area (Å²) in [7, 11) is 0. The van der Waals surface area contributed by atoms with Crippen LogP contribution in [0.2, 0.25) is 0 Å². The molecule has 5 aliphatic rings. The SMILES string of the molecule is Nc1nnc(-c2ccccc2O)cc1N1CC2CC(c3ncc(C4CCN(C5CCC(C(=O)O)CC5)CC4)cn3)C3C(C1)C23. The molecule has 1 aromatic carbocycles. The molecule has 5 unspecified atom stereocenters. The molecule has 0 radical (unpaired) electrons. The number of hydrogen-bond acceptors (Lipinski definition) is 9. The number of aromatic nitrogens is 4. The lowest BCUT2D eigenvalue weighted by atomic mass is 9.83. The average molecular weight is 596 g/mol. The van der Waals surface area contributed by atoms with Crippen LogP contribution in [-0.4, -0.2) is 73.5 Å². The summed E-state index contributed by atoms with van der Waals surface area (Å²) in [4.78, 5) is 26.2. The summed E-state index contributed by atoms with van der Waals surface area (Å²) in [5.74, 6) is 4.37. The van der Waals surface area contributed by atoms with Crippen LogP contribution in [0.15, 0.2) is 42.7 Å². The summed E-state index contributed by atoms with van der Waals surface area (Å²) in [6, 6.07) is 9.72. The zero-order valence-electron chi connectivity index (χ0n) is 25.0. The number of nitrogens with zero attached hydrogens (tertiary/aromatic N) is 6. The fourth-order valence-corrected chi connectivity index (χ4v) is 9.33. The number of carbonyl (C=O) groups is 1. The quantitative estimate of drug-likeness (QED) is 0.372. The number of piperidine rings is 2. The molecule has 3 aliphatic carbocycles. The first kappa shape index (κ1) is 27.7.